The van der Waals surface area contributed by atoms with Crippen LogP contribution in [0.15, 0.2) is 40.6 Å². The first-order valence-corrected chi connectivity index (χ1v) is 9.62. The number of nitriles is 1. The molecule has 0 unspecified atom stereocenters. The van der Waals surface area contributed by atoms with Crippen LogP contribution in [0.3, 0.4) is 0 Å². The highest BCUT2D eigenvalue weighted by atomic mass is 32.1. The average Bonchev–Trinajstić information content (AvgIpc) is 3.20. The molecule has 0 radical (unpaired) electrons. The number of rotatable bonds is 5. The Bertz CT molecular complexity index is 1050. The molecular weight excluding hydrogens is 382 g/mol. The van der Waals surface area contributed by atoms with Crippen molar-refractivity contribution in [3.8, 4) is 17.3 Å². The van der Waals surface area contributed by atoms with Crippen molar-refractivity contribution in [2.45, 2.75) is 13.8 Å². The van der Waals surface area contributed by atoms with E-state index in [4.69, 9.17) is 10.5 Å². The summed E-state index contributed by atoms with van der Waals surface area (Å²) in [6.45, 7) is 3.68. The van der Waals surface area contributed by atoms with Gasteiger partial charge in [0.2, 0.25) is 0 Å². The van der Waals surface area contributed by atoms with Crippen molar-refractivity contribution in [3.05, 3.63) is 46.3 Å². The normalized spacial score (nSPS) is 10.9. The monoisotopic (exact) mass is 397 g/mol. The molecule has 3 rings (SSSR count). The second-order valence-electron chi connectivity index (χ2n) is 5.34. The molecule has 9 heteroatoms. The topological polar surface area (TPSA) is 114 Å². The summed E-state index contributed by atoms with van der Waals surface area (Å²) < 4.78 is 5.03. The molecule has 136 valence electrons. The van der Waals surface area contributed by atoms with Crippen molar-refractivity contribution in [1.29, 1.82) is 5.26 Å². The van der Waals surface area contributed by atoms with E-state index in [0.29, 0.717) is 36.8 Å². The number of nitrogens with zero attached hydrogens (tertiary/aromatic N) is 4. The van der Waals surface area contributed by atoms with E-state index in [2.05, 4.69) is 21.3 Å². The minimum absolute atomic E-state index is 0.259. The maximum absolute atomic E-state index is 12.0. The zero-order valence-electron chi connectivity index (χ0n) is 14.6. The highest BCUT2D eigenvalue weighted by molar-refractivity contribution is 7.19. The summed E-state index contributed by atoms with van der Waals surface area (Å²) in [7, 11) is 0. The molecule has 3 aromatic rings. The number of azo groups is 1. The van der Waals surface area contributed by atoms with Crippen molar-refractivity contribution in [3.63, 3.8) is 0 Å². The highest BCUT2D eigenvalue weighted by Gasteiger charge is 2.21. The molecule has 2 aromatic heterocycles. The molecule has 0 amide bonds. The van der Waals surface area contributed by atoms with Gasteiger partial charge in [-0.3, -0.25) is 0 Å². The van der Waals surface area contributed by atoms with Crippen LogP contribution in [0.4, 0.5) is 15.1 Å². The van der Waals surface area contributed by atoms with Gasteiger partial charge in [-0.25, -0.2) is 9.78 Å². The molecule has 7 nitrogen and oxygen atoms in total. The van der Waals surface area contributed by atoms with Crippen molar-refractivity contribution < 1.29 is 9.53 Å². The van der Waals surface area contributed by atoms with Crippen LogP contribution in [0.1, 0.15) is 27.7 Å². The molecule has 0 bridgehead atoms. The van der Waals surface area contributed by atoms with Crippen LogP contribution in [0, 0.1) is 18.3 Å². The molecule has 0 saturated heterocycles. The van der Waals surface area contributed by atoms with Crippen molar-refractivity contribution >= 4 is 43.8 Å². The third kappa shape index (κ3) is 3.86. The lowest BCUT2D eigenvalue weighted by Gasteiger charge is -1.98. The molecular formula is C18H15N5O2S2. The maximum Gasteiger partial charge on any atom is 0.348 e. The number of esters is 1. The first kappa shape index (κ1) is 18.7. The Labute approximate surface area is 163 Å². The molecule has 2 N–H and O–H groups in total. The zero-order valence-corrected chi connectivity index (χ0v) is 16.2. The quantitative estimate of drug-likeness (QED) is 0.468. The number of hydrogen-bond acceptors (Lipinski definition) is 9. The number of nitrogens with two attached hydrogens (primary N) is 1. The fourth-order valence-corrected chi connectivity index (χ4v) is 4.01. The third-order valence-corrected chi connectivity index (χ3v) is 5.53. The Balaban J connectivity index is 1.99. The minimum atomic E-state index is -0.468. The van der Waals surface area contributed by atoms with E-state index in [9.17, 15) is 10.1 Å². The molecule has 0 saturated carbocycles. The van der Waals surface area contributed by atoms with Gasteiger partial charge in [0.05, 0.1) is 12.2 Å². The average molecular weight is 397 g/mol. The predicted molar refractivity (Wildman–Crippen MR) is 106 cm³/mol. The van der Waals surface area contributed by atoms with E-state index in [1.807, 2.05) is 30.3 Å². The van der Waals surface area contributed by atoms with Gasteiger partial charge < -0.3 is 10.5 Å². The van der Waals surface area contributed by atoms with Crippen LogP contribution in [-0.2, 0) is 4.74 Å². The van der Waals surface area contributed by atoms with Crippen LogP contribution < -0.4 is 5.73 Å². The van der Waals surface area contributed by atoms with Crippen LogP contribution in [-0.4, -0.2) is 17.6 Å². The predicted octanol–water partition coefficient (Wildman–Crippen LogP) is 5.23. The first-order valence-electron chi connectivity index (χ1n) is 7.99. The Morgan fingerprint density at radius 2 is 1.96 bits per heavy atom. The second kappa shape index (κ2) is 8.07. The van der Waals surface area contributed by atoms with Crippen molar-refractivity contribution in [1.82, 2.24) is 4.98 Å². The third-order valence-electron chi connectivity index (χ3n) is 3.61. The summed E-state index contributed by atoms with van der Waals surface area (Å²) in [6.07, 6.45) is 0. The lowest BCUT2D eigenvalue weighted by Crippen LogP contribution is -2.03. The van der Waals surface area contributed by atoms with Crippen LogP contribution >= 0.6 is 22.7 Å². The Morgan fingerprint density at radius 1 is 1.26 bits per heavy atom. The molecule has 0 spiro atoms. The van der Waals surface area contributed by atoms with E-state index < -0.39 is 5.97 Å². The number of carbonyl (C=O) groups is 1. The number of thiazole rings is 1. The second-order valence-corrected chi connectivity index (χ2v) is 7.35. The fourth-order valence-electron chi connectivity index (χ4n) is 2.36. The van der Waals surface area contributed by atoms with Crippen molar-refractivity contribution in [2.24, 2.45) is 10.2 Å². The maximum atomic E-state index is 12.0. The molecule has 1 aromatic carbocycles. The molecule has 2 heterocycles. The van der Waals surface area contributed by atoms with E-state index >= 15 is 0 Å². The van der Waals surface area contributed by atoms with Gasteiger partial charge >= 0.3 is 5.97 Å². The Morgan fingerprint density at radius 3 is 2.63 bits per heavy atom. The van der Waals surface area contributed by atoms with Gasteiger partial charge in [0.15, 0.2) is 15.1 Å². The summed E-state index contributed by atoms with van der Waals surface area (Å²) in [6, 6.07) is 11.6. The number of carbonyl (C=O) groups excluding carboxylic acids is 1. The number of thiophene rings is 1. The lowest BCUT2D eigenvalue weighted by atomic mass is 10.2. The Kier molecular flexibility index (Phi) is 5.59. The number of benzene rings is 1. The smallest absolute Gasteiger partial charge is 0.348 e. The van der Waals surface area contributed by atoms with Gasteiger partial charge in [0, 0.05) is 5.56 Å². The van der Waals surface area contributed by atoms with E-state index in [1.54, 1.807) is 13.8 Å². The van der Waals surface area contributed by atoms with Crippen LogP contribution in [0.25, 0.3) is 11.3 Å². The Hall–Kier alpha value is -3.09. The summed E-state index contributed by atoms with van der Waals surface area (Å²) >= 11 is 2.29. The zero-order chi connectivity index (χ0) is 19.4. The fraction of sp³-hybridized carbons (Fsp3) is 0.167. The lowest BCUT2D eigenvalue weighted by molar-refractivity contribution is 0.0531. The number of nitrogen functional groups attached to an aromatic ring is 1. The van der Waals surface area contributed by atoms with Crippen LogP contribution in [0.5, 0.6) is 0 Å². The van der Waals surface area contributed by atoms with Gasteiger partial charge in [-0.05, 0) is 19.4 Å². The molecule has 0 aliphatic rings. The minimum Gasteiger partial charge on any atom is -0.462 e. The van der Waals surface area contributed by atoms with Gasteiger partial charge in [-0.2, -0.15) is 5.26 Å². The largest absolute Gasteiger partial charge is 0.462 e. The highest BCUT2D eigenvalue weighted by Crippen LogP contribution is 2.40. The van der Waals surface area contributed by atoms with Gasteiger partial charge in [0.25, 0.3) is 0 Å². The summed E-state index contributed by atoms with van der Waals surface area (Å²) in [5.74, 6) is -0.468. The molecule has 0 fully saturated rings. The standard InChI is InChI=1S/C18H15N5O2S2/c1-3-25-17(24)14-10(2)12(9-19)15(26-14)22-23-16-13(21-18(20)27-16)11-7-5-4-6-8-11/h4-8H,3H2,1-2H3,(H2,20,21)/b23-22+. The van der Waals surface area contributed by atoms with Crippen LogP contribution in [0.2, 0.25) is 0 Å². The number of hydrogen-bond donors (Lipinski definition) is 1. The van der Waals surface area contributed by atoms with E-state index in [1.165, 1.54) is 11.3 Å². The molecule has 0 aliphatic carbocycles. The van der Waals surface area contributed by atoms with Gasteiger partial charge in [0.1, 0.15) is 16.6 Å². The van der Waals surface area contributed by atoms with Gasteiger partial charge in [-0.1, -0.05) is 41.7 Å². The number of anilines is 1. The number of ether oxygens (including phenoxy) is 1. The molecule has 0 atom stereocenters. The molecule has 27 heavy (non-hydrogen) atoms. The molecule has 0 aliphatic heterocycles. The van der Waals surface area contributed by atoms with E-state index in [-0.39, 0.29) is 6.61 Å². The van der Waals surface area contributed by atoms with E-state index in [0.717, 1.165) is 16.9 Å². The SMILES string of the molecule is CCOC(=O)c1sc(/N=N/c2sc(N)nc2-c2ccccc2)c(C#N)c1C. The number of aromatic nitrogens is 1. The van der Waals surface area contributed by atoms with Crippen molar-refractivity contribution in [2.75, 3.05) is 12.3 Å². The summed E-state index contributed by atoms with van der Waals surface area (Å²) in [5, 5.41) is 19.1. The summed E-state index contributed by atoms with van der Waals surface area (Å²) in [4.78, 5) is 16.7. The first-order chi connectivity index (χ1) is 13.0. The summed E-state index contributed by atoms with van der Waals surface area (Å²) in [5.41, 5.74) is 8.19. The van der Waals surface area contributed by atoms with Gasteiger partial charge in [-0.15, -0.1) is 21.6 Å².